The molecule has 0 spiro atoms. The van der Waals surface area contributed by atoms with Crippen LogP contribution in [0.4, 0.5) is 0 Å². The molecule has 142 valence electrons. The Morgan fingerprint density at radius 2 is 1.46 bits per heavy atom. The number of aliphatic imine (C=N–C) groups is 1. The van der Waals surface area contributed by atoms with Gasteiger partial charge in [-0.3, -0.25) is 4.99 Å². The van der Waals surface area contributed by atoms with Crippen LogP contribution in [0.2, 0.25) is 10.0 Å². The molecule has 4 rings (SSSR count). The molecule has 0 saturated heterocycles. The Labute approximate surface area is 175 Å². The van der Waals surface area contributed by atoms with Crippen molar-refractivity contribution < 1.29 is 4.74 Å². The van der Waals surface area contributed by atoms with Crippen LogP contribution in [0.15, 0.2) is 77.8 Å². The van der Waals surface area contributed by atoms with Crippen LogP contribution in [0.1, 0.15) is 35.7 Å². The summed E-state index contributed by atoms with van der Waals surface area (Å²) in [5, 5.41) is 5.03. The highest BCUT2D eigenvalue weighted by Crippen LogP contribution is 2.38. The van der Waals surface area contributed by atoms with Gasteiger partial charge in [-0.05, 0) is 54.4 Å². The molecule has 0 amide bonds. The summed E-state index contributed by atoms with van der Waals surface area (Å²) in [5.74, 6) is 1.65. The summed E-state index contributed by atoms with van der Waals surface area (Å²) in [6.07, 6.45) is 0. The average Bonchev–Trinajstić information content (AvgIpc) is 3.15. The summed E-state index contributed by atoms with van der Waals surface area (Å²) in [5.41, 5.74) is 3.18. The van der Waals surface area contributed by atoms with Gasteiger partial charge in [-0.2, -0.15) is 0 Å². The van der Waals surface area contributed by atoms with Gasteiger partial charge in [0.2, 0.25) is 0 Å². The molecule has 0 aliphatic carbocycles. The SMILES string of the molecule is CCOc1ccccc1C1=N[C@H](c2ccc(Cl)cc2)[C@H](c2ccc(Cl)cc2)N1. The second-order valence-corrected chi connectivity index (χ2v) is 7.45. The molecular formula is C23H20Cl2N2O. The van der Waals surface area contributed by atoms with Crippen LogP contribution in [-0.4, -0.2) is 12.4 Å². The highest BCUT2D eigenvalue weighted by molar-refractivity contribution is 6.30. The zero-order chi connectivity index (χ0) is 19.5. The van der Waals surface area contributed by atoms with E-state index in [1.807, 2.05) is 79.7 Å². The maximum Gasteiger partial charge on any atom is 0.133 e. The fourth-order valence-corrected chi connectivity index (χ4v) is 3.68. The normalized spacial score (nSPS) is 18.5. The zero-order valence-corrected chi connectivity index (χ0v) is 16.9. The highest BCUT2D eigenvalue weighted by atomic mass is 35.5. The number of benzene rings is 3. The minimum Gasteiger partial charge on any atom is -0.493 e. The van der Waals surface area contributed by atoms with Crippen molar-refractivity contribution in [3.63, 3.8) is 0 Å². The van der Waals surface area contributed by atoms with E-state index < -0.39 is 0 Å². The van der Waals surface area contributed by atoms with Crippen molar-refractivity contribution in [2.75, 3.05) is 6.61 Å². The number of ether oxygens (including phenoxy) is 1. The van der Waals surface area contributed by atoms with Gasteiger partial charge in [0.1, 0.15) is 17.6 Å². The smallest absolute Gasteiger partial charge is 0.133 e. The molecular weight excluding hydrogens is 391 g/mol. The maximum absolute atomic E-state index is 6.09. The van der Waals surface area contributed by atoms with Gasteiger partial charge in [-0.25, -0.2) is 0 Å². The summed E-state index contributed by atoms with van der Waals surface area (Å²) in [7, 11) is 0. The first-order chi connectivity index (χ1) is 13.7. The molecule has 1 aliphatic rings. The van der Waals surface area contributed by atoms with Crippen LogP contribution >= 0.6 is 23.2 Å². The lowest BCUT2D eigenvalue weighted by Gasteiger charge is -2.20. The lowest BCUT2D eigenvalue weighted by Crippen LogP contribution is -2.25. The molecule has 0 radical (unpaired) electrons. The molecule has 2 atom stereocenters. The highest BCUT2D eigenvalue weighted by Gasteiger charge is 2.32. The van der Waals surface area contributed by atoms with E-state index in [0.717, 1.165) is 28.3 Å². The van der Waals surface area contributed by atoms with E-state index >= 15 is 0 Å². The predicted octanol–water partition coefficient (Wildman–Crippen LogP) is 6.22. The van der Waals surface area contributed by atoms with Crippen molar-refractivity contribution >= 4 is 29.0 Å². The van der Waals surface area contributed by atoms with Crippen molar-refractivity contribution in [1.82, 2.24) is 5.32 Å². The van der Waals surface area contributed by atoms with Gasteiger partial charge >= 0.3 is 0 Å². The van der Waals surface area contributed by atoms with Crippen molar-refractivity contribution in [1.29, 1.82) is 0 Å². The van der Waals surface area contributed by atoms with E-state index in [4.69, 9.17) is 32.9 Å². The fraction of sp³-hybridized carbons (Fsp3) is 0.174. The number of halogens is 2. The van der Waals surface area contributed by atoms with Crippen molar-refractivity contribution in [2.24, 2.45) is 4.99 Å². The van der Waals surface area contributed by atoms with Crippen molar-refractivity contribution in [2.45, 2.75) is 19.0 Å². The van der Waals surface area contributed by atoms with Gasteiger partial charge in [-0.1, -0.05) is 59.6 Å². The van der Waals surface area contributed by atoms with Crippen molar-refractivity contribution in [3.05, 3.63) is 99.5 Å². The Kier molecular flexibility index (Phi) is 5.56. The molecule has 28 heavy (non-hydrogen) atoms. The minimum absolute atomic E-state index is 0.0110. The standard InChI is InChI=1S/C23H20Cl2N2O/c1-2-28-20-6-4-3-5-19(20)23-26-21(15-7-11-17(24)12-8-15)22(27-23)16-9-13-18(25)14-10-16/h3-14,21-22H,2H2,1H3,(H,26,27)/t21-,22+. The predicted molar refractivity (Wildman–Crippen MR) is 116 cm³/mol. The van der Waals surface area contributed by atoms with E-state index in [9.17, 15) is 0 Å². The van der Waals surface area contributed by atoms with Gasteiger partial charge < -0.3 is 10.1 Å². The third-order valence-electron chi connectivity index (χ3n) is 4.76. The van der Waals surface area contributed by atoms with Crippen LogP contribution < -0.4 is 10.1 Å². The zero-order valence-electron chi connectivity index (χ0n) is 15.4. The first-order valence-electron chi connectivity index (χ1n) is 9.23. The molecule has 0 unspecified atom stereocenters. The van der Waals surface area contributed by atoms with Gasteiger partial charge in [0.25, 0.3) is 0 Å². The maximum atomic E-state index is 6.09. The molecule has 1 aliphatic heterocycles. The number of nitrogens with zero attached hydrogens (tertiary/aromatic N) is 1. The Bertz CT molecular complexity index is 984. The first kappa shape index (κ1) is 18.9. The van der Waals surface area contributed by atoms with E-state index in [1.54, 1.807) is 0 Å². The summed E-state index contributed by atoms with van der Waals surface area (Å²) in [6.45, 7) is 2.58. The first-order valence-corrected chi connectivity index (χ1v) is 9.99. The van der Waals surface area contributed by atoms with Gasteiger partial charge in [-0.15, -0.1) is 0 Å². The molecule has 0 aromatic heterocycles. The molecule has 0 saturated carbocycles. The summed E-state index contributed by atoms with van der Waals surface area (Å²) in [4.78, 5) is 5.03. The molecule has 3 aromatic rings. The molecule has 1 heterocycles. The van der Waals surface area contributed by atoms with E-state index in [-0.39, 0.29) is 12.1 Å². The van der Waals surface area contributed by atoms with Gasteiger partial charge in [0.05, 0.1) is 18.2 Å². The number of para-hydroxylation sites is 1. The van der Waals surface area contributed by atoms with Crippen LogP contribution in [0, 0.1) is 0 Å². The Balaban J connectivity index is 1.76. The van der Waals surface area contributed by atoms with E-state index in [0.29, 0.717) is 16.7 Å². The van der Waals surface area contributed by atoms with E-state index in [1.165, 1.54) is 0 Å². The second-order valence-electron chi connectivity index (χ2n) is 6.58. The number of nitrogens with one attached hydrogen (secondary N) is 1. The third-order valence-corrected chi connectivity index (χ3v) is 5.26. The van der Waals surface area contributed by atoms with Crippen LogP contribution in [0.3, 0.4) is 0 Å². The van der Waals surface area contributed by atoms with Crippen LogP contribution in [0.25, 0.3) is 0 Å². The Morgan fingerprint density at radius 1 is 0.857 bits per heavy atom. The van der Waals surface area contributed by atoms with Crippen LogP contribution in [0.5, 0.6) is 5.75 Å². The number of hydrogen-bond acceptors (Lipinski definition) is 3. The van der Waals surface area contributed by atoms with Crippen molar-refractivity contribution in [3.8, 4) is 5.75 Å². The molecule has 0 fully saturated rings. The largest absolute Gasteiger partial charge is 0.493 e. The fourth-order valence-electron chi connectivity index (χ4n) is 3.43. The molecule has 3 nitrogen and oxygen atoms in total. The number of amidine groups is 1. The van der Waals surface area contributed by atoms with E-state index in [2.05, 4.69) is 5.32 Å². The van der Waals surface area contributed by atoms with Gasteiger partial charge in [0, 0.05) is 10.0 Å². The molecule has 5 heteroatoms. The lowest BCUT2D eigenvalue weighted by molar-refractivity contribution is 0.339. The molecule has 0 bridgehead atoms. The van der Waals surface area contributed by atoms with Crippen LogP contribution in [-0.2, 0) is 0 Å². The second kappa shape index (κ2) is 8.26. The molecule has 1 N–H and O–H groups in total. The average molecular weight is 411 g/mol. The molecule has 3 aromatic carbocycles. The minimum atomic E-state index is -0.0804. The topological polar surface area (TPSA) is 33.6 Å². The quantitative estimate of drug-likeness (QED) is 0.540. The third kappa shape index (κ3) is 3.87. The van der Waals surface area contributed by atoms with Gasteiger partial charge in [0.15, 0.2) is 0 Å². The number of hydrogen-bond donors (Lipinski definition) is 1. The lowest BCUT2D eigenvalue weighted by atomic mass is 9.95. The number of rotatable bonds is 5. The summed E-state index contributed by atoms with van der Waals surface area (Å²) in [6, 6.07) is 23.6. The Hall–Kier alpha value is -2.49. The summed E-state index contributed by atoms with van der Waals surface area (Å²) >= 11 is 12.2. The summed E-state index contributed by atoms with van der Waals surface area (Å²) < 4.78 is 5.81. The Morgan fingerprint density at radius 3 is 2.11 bits per heavy atom. The monoisotopic (exact) mass is 410 g/mol.